The lowest BCUT2D eigenvalue weighted by Crippen LogP contribution is -2.39. The molecule has 1 aromatic heterocycles. The predicted octanol–water partition coefficient (Wildman–Crippen LogP) is 2.56. The highest BCUT2D eigenvalue weighted by Gasteiger charge is 2.17. The van der Waals surface area contributed by atoms with Crippen LogP contribution in [0, 0.1) is 0 Å². The van der Waals surface area contributed by atoms with Crippen LogP contribution in [0.2, 0.25) is 0 Å². The summed E-state index contributed by atoms with van der Waals surface area (Å²) in [4.78, 5) is 11.7. The first-order valence-electron chi connectivity index (χ1n) is 10.2. The Morgan fingerprint density at radius 2 is 2.19 bits per heavy atom. The fourth-order valence-electron chi connectivity index (χ4n) is 3.19. The number of nitrogens with one attached hydrogen (secondary N) is 2. The second kappa shape index (κ2) is 11.2. The molecule has 2 heterocycles. The molecule has 0 radical (unpaired) electrons. The molecule has 1 aliphatic rings. The van der Waals surface area contributed by atoms with Crippen LogP contribution >= 0.6 is 0 Å². The second-order valence-electron chi connectivity index (χ2n) is 7.37. The summed E-state index contributed by atoms with van der Waals surface area (Å²) in [7, 11) is 0. The first-order chi connectivity index (χ1) is 12.6. The maximum absolute atomic E-state index is 5.28. The van der Waals surface area contributed by atoms with Gasteiger partial charge in [0.2, 0.25) is 5.89 Å². The van der Waals surface area contributed by atoms with Crippen molar-refractivity contribution in [2.45, 2.75) is 71.8 Å². The van der Waals surface area contributed by atoms with E-state index in [-0.39, 0.29) is 0 Å². The SMILES string of the molecule is CCNC(=NCCCN1CCCCC1C)NCCc1nc(C(C)C)no1. The van der Waals surface area contributed by atoms with Crippen molar-refractivity contribution in [1.29, 1.82) is 0 Å². The molecule has 1 saturated heterocycles. The molecule has 2 rings (SSSR count). The third kappa shape index (κ3) is 6.94. The fraction of sp³-hybridized carbons (Fsp3) is 0.842. The topological polar surface area (TPSA) is 78.6 Å². The maximum atomic E-state index is 5.28. The lowest BCUT2D eigenvalue weighted by atomic mass is 10.0. The van der Waals surface area contributed by atoms with Gasteiger partial charge in [-0.1, -0.05) is 25.4 Å². The van der Waals surface area contributed by atoms with Crippen molar-refractivity contribution < 1.29 is 4.52 Å². The van der Waals surface area contributed by atoms with Crippen molar-refractivity contribution in [1.82, 2.24) is 25.7 Å². The zero-order chi connectivity index (χ0) is 18.8. The summed E-state index contributed by atoms with van der Waals surface area (Å²) in [6.07, 6.45) is 5.86. The number of likely N-dealkylation sites (tertiary alicyclic amines) is 1. The summed E-state index contributed by atoms with van der Waals surface area (Å²) in [6, 6.07) is 0.726. The number of rotatable bonds is 9. The molecule has 0 aromatic carbocycles. The molecule has 0 aliphatic carbocycles. The molecule has 7 heteroatoms. The summed E-state index contributed by atoms with van der Waals surface area (Å²) in [5, 5.41) is 10.6. The van der Waals surface area contributed by atoms with Gasteiger partial charge in [-0.2, -0.15) is 4.98 Å². The predicted molar refractivity (Wildman–Crippen MR) is 106 cm³/mol. The van der Waals surface area contributed by atoms with Gasteiger partial charge in [0.1, 0.15) is 0 Å². The number of hydrogen-bond acceptors (Lipinski definition) is 5. The third-order valence-electron chi connectivity index (χ3n) is 4.79. The van der Waals surface area contributed by atoms with Crippen LogP contribution in [0.15, 0.2) is 9.52 Å². The Hall–Kier alpha value is -1.63. The molecule has 1 aliphatic heterocycles. The first kappa shape index (κ1) is 20.7. The third-order valence-corrected chi connectivity index (χ3v) is 4.79. The molecular formula is C19H36N6O. The van der Waals surface area contributed by atoms with Gasteiger partial charge in [-0.05, 0) is 39.7 Å². The molecule has 1 atom stereocenters. The Labute approximate surface area is 158 Å². The van der Waals surface area contributed by atoms with Gasteiger partial charge in [-0.25, -0.2) is 0 Å². The van der Waals surface area contributed by atoms with Crippen LogP contribution in [-0.2, 0) is 6.42 Å². The number of aliphatic imine (C=N–C) groups is 1. The van der Waals surface area contributed by atoms with Crippen molar-refractivity contribution in [2.75, 3.05) is 32.7 Å². The lowest BCUT2D eigenvalue weighted by Gasteiger charge is -2.33. The van der Waals surface area contributed by atoms with E-state index in [1.54, 1.807) is 0 Å². The molecule has 1 unspecified atom stereocenters. The minimum atomic E-state index is 0.293. The van der Waals surface area contributed by atoms with Gasteiger partial charge < -0.3 is 20.1 Å². The Kier molecular flexibility index (Phi) is 8.88. The zero-order valence-corrected chi connectivity index (χ0v) is 16.9. The summed E-state index contributed by atoms with van der Waals surface area (Å²) < 4.78 is 5.28. The largest absolute Gasteiger partial charge is 0.357 e. The lowest BCUT2D eigenvalue weighted by molar-refractivity contribution is 0.160. The van der Waals surface area contributed by atoms with Gasteiger partial charge in [0.25, 0.3) is 0 Å². The van der Waals surface area contributed by atoms with Crippen molar-refractivity contribution >= 4 is 5.96 Å². The van der Waals surface area contributed by atoms with E-state index in [9.17, 15) is 0 Å². The molecule has 2 N–H and O–H groups in total. The highest BCUT2D eigenvalue weighted by atomic mass is 16.5. The van der Waals surface area contributed by atoms with Crippen LogP contribution in [0.3, 0.4) is 0 Å². The van der Waals surface area contributed by atoms with Crippen molar-refractivity contribution in [2.24, 2.45) is 4.99 Å². The molecule has 0 saturated carbocycles. The zero-order valence-electron chi connectivity index (χ0n) is 16.9. The van der Waals surface area contributed by atoms with Crippen LogP contribution in [0.5, 0.6) is 0 Å². The highest BCUT2D eigenvalue weighted by molar-refractivity contribution is 5.79. The molecule has 1 aromatic rings. The van der Waals surface area contributed by atoms with E-state index in [0.29, 0.717) is 18.2 Å². The van der Waals surface area contributed by atoms with Gasteiger partial charge in [-0.3, -0.25) is 4.99 Å². The van der Waals surface area contributed by atoms with Gasteiger partial charge in [0.15, 0.2) is 11.8 Å². The number of guanidine groups is 1. The maximum Gasteiger partial charge on any atom is 0.228 e. The molecule has 148 valence electrons. The van der Waals surface area contributed by atoms with Crippen LogP contribution < -0.4 is 10.6 Å². The Balaban J connectivity index is 1.69. The van der Waals surface area contributed by atoms with Gasteiger partial charge in [0.05, 0.1) is 0 Å². The highest BCUT2D eigenvalue weighted by Crippen LogP contribution is 2.16. The molecule has 0 amide bonds. The minimum Gasteiger partial charge on any atom is -0.357 e. The number of hydrogen-bond donors (Lipinski definition) is 2. The second-order valence-corrected chi connectivity index (χ2v) is 7.37. The normalized spacial score (nSPS) is 19.1. The summed E-state index contributed by atoms with van der Waals surface area (Å²) >= 11 is 0. The molecule has 7 nitrogen and oxygen atoms in total. The van der Waals surface area contributed by atoms with Crippen LogP contribution in [0.25, 0.3) is 0 Å². The number of nitrogens with zero attached hydrogens (tertiary/aromatic N) is 4. The van der Waals surface area contributed by atoms with Crippen molar-refractivity contribution in [3.05, 3.63) is 11.7 Å². The molecule has 0 bridgehead atoms. The fourth-order valence-corrected chi connectivity index (χ4v) is 3.19. The summed E-state index contributed by atoms with van der Waals surface area (Å²) in [5.74, 6) is 2.61. The van der Waals surface area contributed by atoms with Crippen molar-refractivity contribution in [3.8, 4) is 0 Å². The quantitative estimate of drug-likeness (QED) is 0.398. The summed E-state index contributed by atoms with van der Waals surface area (Å²) in [6.45, 7) is 13.4. The Morgan fingerprint density at radius 3 is 2.88 bits per heavy atom. The average Bonchev–Trinajstić information content (AvgIpc) is 3.09. The van der Waals surface area contributed by atoms with E-state index >= 15 is 0 Å². The van der Waals surface area contributed by atoms with E-state index < -0.39 is 0 Å². The van der Waals surface area contributed by atoms with Crippen molar-refractivity contribution in [3.63, 3.8) is 0 Å². The Bertz CT molecular complexity index is 542. The average molecular weight is 365 g/mol. The van der Waals surface area contributed by atoms with E-state index in [1.165, 1.54) is 25.8 Å². The van der Waals surface area contributed by atoms with E-state index in [1.807, 2.05) is 0 Å². The first-order valence-corrected chi connectivity index (χ1v) is 10.2. The summed E-state index contributed by atoms with van der Waals surface area (Å²) in [5.41, 5.74) is 0. The Morgan fingerprint density at radius 1 is 1.35 bits per heavy atom. The van der Waals surface area contributed by atoms with E-state index in [4.69, 9.17) is 4.52 Å². The monoisotopic (exact) mass is 364 g/mol. The van der Waals surface area contributed by atoms with Crippen LogP contribution in [-0.4, -0.2) is 59.8 Å². The smallest absolute Gasteiger partial charge is 0.228 e. The minimum absolute atomic E-state index is 0.293. The molecule has 26 heavy (non-hydrogen) atoms. The van der Waals surface area contributed by atoms with Gasteiger partial charge >= 0.3 is 0 Å². The van der Waals surface area contributed by atoms with Gasteiger partial charge in [-0.15, -0.1) is 0 Å². The molecule has 0 spiro atoms. The number of piperidine rings is 1. The standard InChI is InChI=1S/C19H36N6O/c1-5-20-19(21-11-8-14-25-13-7-6-9-16(25)4)22-12-10-17-23-18(15(2)3)24-26-17/h15-16H,5-14H2,1-4H3,(H2,20,21,22). The number of aromatic nitrogens is 2. The van der Waals surface area contributed by atoms with Gasteiger partial charge in [0, 0.05) is 44.6 Å². The molecular weight excluding hydrogens is 328 g/mol. The van der Waals surface area contributed by atoms with E-state index in [2.05, 4.69) is 58.4 Å². The van der Waals surface area contributed by atoms with E-state index in [0.717, 1.165) is 50.4 Å². The van der Waals surface area contributed by atoms with Crippen LogP contribution in [0.1, 0.15) is 71.0 Å². The van der Waals surface area contributed by atoms with Crippen LogP contribution in [0.4, 0.5) is 0 Å². The molecule has 1 fully saturated rings.